The van der Waals surface area contributed by atoms with Gasteiger partial charge in [-0.15, -0.1) is 0 Å². The van der Waals surface area contributed by atoms with Crippen LogP contribution in [0.3, 0.4) is 0 Å². The van der Waals surface area contributed by atoms with E-state index in [4.69, 9.17) is 15.2 Å². The van der Waals surface area contributed by atoms with Crippen molar-refractivity contribution in [1.29, 1.82) is 0 Å². The molecule has 4 N–H and O–H groups in total. The van der Waals surface area contributed by atoms with Crippen molar-refractivity contribution in [3.05, 3.63) is 60.2 Å². The first-order valence-corrected chi connectivity index (χ1v) is 7.76. The molecule has 7 heteroatoms. The summed E-state index contributed by atoms with van der Waals surface area (Å²) < 4.78 is 10.9. The number of hydrogen-bond acceptors (Lipinski definition) is 5. The first-order chi connectivity index (χ1) is 12.1. The highest BCUT2D eigenvalue weighted by Crippen LogP contribution is 2.25. The third-order valence-electron chi connectivity index (χ3n) is 3.42. The van der Waals surface area contributed by atoms with E-state index < -0.39 is 18.0 Å². The highest BCUT2D eigenvalue weighted by molar-refractivity contribution is 5.96. The van der Waals surface area contributed by atoms with Crippen LogP contribution in [-0.2, 0) is 4.79 Å². The van der Waals surface area contributed by atoms with E-state index in [1.807, 2.05) is 30.3 Å². The molecular formula is C18H21N3O4. The topological polar surface area (TPSA) is 103 Å². The van der Waals surface area contributed by atoms with Gasteiger partial charge >= 0.3 is 6.03 Å². The Morgan fingerprint density at radius 2 is 1.68 bits per heavy atom. The Bertz CT molecular complexity index is 706. The molecule has 0 radical (unpaired) electrons. The van der Waals surface area contributed by atoms with E-state index in [9.17, 15) is 9.59 Å². The normalized spacial score (nSPS) is 11.4. The Labute approximate surface area is 146 Å². The second-order valence-corrected chi connectivity index (χ2v) is 5.15. The molecule has 2 rings (SSSR count). The van der Waals surface area contributed by atoms with Crippen molar-refractivity contribution in [2.75, 3.05) is 20.3 Å². The summed E-state index contributed by atoms with van der Waals surface area (Å²) in [6.07, 6.45) is 0. The Morgan fingerprint density at radius 1 is 1.04 bits per heavy atom. The Hall–Kier alpha value is -3.06. The standard InChI is InChI=1S/C18H21N3O4/c1-24-14-9-5-6-10-15(14)25-12-11-20-16(17(22)21-18(19)23)13-7-3-2-4-8-13/h2-10,16,20H,11-12H2,1H3,(H3,19,21,22,23)/t16-/m0/s1. The van der Waals surface area contributed by atoms with E-state index in [2.05, 4.69) is 10.6 Å². The SMILES string of the molecule is COc1ccccc1OCCN[C@H](C(=O)NC(N)=O)c1ccccc1. The Kier molecular flexibility index (Phi) is 6.79. The molecule has 0 bridgehead atoms. The molecule has 0 aromatic heterocycles. The van der Waals surface area contributed by atoms with E-state index in [1.165, 1.54) is 0 Å². The van der Waals surface area contributed by atoms with Crippen LogP contribution in [0.4, 0.5) is 4.79 Å². The van der Waals surface area contributed by atoms with Gasteiger partial charge in [-0.05, 0) is 17.7 Å². The number of ether oxygens (including phenoxy) is 2. The predicted octanol–water partition coefficient (Wildman–Crippen LogP) is 1.60. The number of hydrogen-bond donors (Lipinski definition) is 3. The lowest BCUT2D eigenvalue weighted by Crippen LogP contribution is -2.43. The van der Waals surface area contributed by atoms with Gasteiger partial charge in [-0.2, -0.15) is 0 Å². The van der Waals surface area contributed by atoms with E-state index in [1.54, 1.807) is 31.4 Å². The number of urea groups is 1. The number of imide groups is 1. The zero-order chi connectivity index (χ0) is 18.1. The Morgan fingerprint density at radius 3 is 2.32 bits per heavy atom. The van der Waals surface area contributed by atoms with Gasteiger partial charge < -0.3 is 15.2 Å². The van der Waals surface area contributed by atoms with Gasteiger partial charge in [0.05, 0.1) is 7.11 Å². The Balaban J connectivity index is 1.95. The average molecular weight is 343 g/mol. The van der Waals surface area contributed by atoms with E-state index in [0.29, 0.717) is 24.7 Å². The van der Waals surface area contributed by atoms with Crippen molar-refractivity contribution < 1.29 is 19.1 Å². The maximum Gasteiger partial charge on any atom is 0.318 e. The quantitative estimate of drug-likeness (QED) is 0.632. The first-order valence-electron chi connectivity index (χ1n) is 7.76. The number of carbonyl (C=O) groups is 2. The molecule has 0 spiro atoms. The van der Waals surface area contributed by atoms with E-state index in [0.717, 1.165) is 5.56 Å². The maximum absolute atomic E-state index is 12.2. The van der Waals surface area contributed by atoms with Gasteiger partial charge in [-0.25, -0.2) is 4.79 Å². The predicted molar refractivity (Wildman–Crippen MR) is 93.4 cm³/mol. The van der Waals surface area contributed by atoms with Crippen LogP contribution >= 0.6 is 0 Å². The summed E-state index contributed by atoms with van der Waals surface area (Å²) in [4.78, 5) is 23.1. The maximum atomic E-state index is 12.2. The van der Waals surface area contributed by atoms with Crippen molar-refractivity contribution in [1.82, 2.24) is 10.6 Å². The lowest BCUT2D eigenvalue weighted by Gasteiger charge is -2.18. The van der Waals surface area contributed by atoms with Gasteiger partial charge in [-0.1, -0.05) is 42.5 Å². The summed E-state index contributed by atoms with van der Waals surface area (Å²) in [5.74, 6) is 0.731. The van der Waals surface area contributed by atoms with Gasteiger partial charge in [-0.3, -0.25) is 15.4 Å². The number of nitrogens with one attached hydrogen (secondary N) is 2. The molecule has 0 aliphatic carbocycles. The molecule has 132 valence electrons. The van der Waals surface area contributed by atoms with Crippen LogP contribution in [-0.4, -0.2) is 32.2 Å². The highest BCUT2D eigenvalue weighted by atomic mass is 16.5. The summed E-state index contributed by atoms with van der Waals surface area (Å²) >= 11 is 0. The number of carbonyl (C=O) groups excluding carboxylic acids is 2. The summed E-state index contributed by atoms with van der Waals surface area (Å²) in [7, 11) is 1.57. The number of nitrogens with two attached hydrogens (primary N) is 1. The van der Waals surface area contributed by atoms with E-state index >= 15 is 0 Å². The van der Waals surface area contributed by atoms with Gasteiger partial charge in [0.1, 0.15) is 12.6 Å². The van der Waals surface area contributed by atoms with Crippen LogP contribution in [0, 0.1) is 0 Å². The fourth-order valence-electron chi connectivity index (χ4n) is 2.30. The van der Waals surface area contributed by atoms with Crippen LogP contribution in [0.2, 0.25) is 0 Å². The molecule has 3 amide bonds. The molecule has 0 aliphatic rings. The summed E-state index contributed by atoms with van der Waals surface area (Å²) in [6.45, 7) is 0.692. The molecule has 0 unspecified atom stereocenters. The van der Waals surface area contributed by atoms with Crippen LogP contribution in [0.1, 0.15) is 11.6 Å². The molecule has 1 atom stereocenters. The average Bonchev–Trinajstić information content (AvgIpc) is 2.62. The molecular weight excluding hydrogens is 322 g/mol. The lowest BCUT2D eigenvalue weighted by atomic mass is 10.1. The molecule has 7 nitrogen and oxygen atoms in total. The minimum Gasteiger partial charge on any atom is -0.493 e. The molecule has 0 fully saturated rings. The zero-order valence-corrected chi connectivity index (χ0v) is 13.9. The summed E-state index contributed by atoms with van der Waals surface area (Å²) in [6, 6.07) is 14.7. The zero-order valence-electron chi connectivity index (χ0n) is 13.9. The minimum absolute atomic E-state index is 0.313. The second kappa shape index (κ2) is 9.29. The van der Waals surface area contributed by atoms with Crippen LogP contribution in [0.15, 0.2) is 54.6 Å². The van der Waals surface area contributed by atoms with Crippen molar-refractivity contribution >= 4 is 11.9 Å². The number of benzene rings is 2. The number of methoxy groups -OCH3 is 1. The number of amides is 3. The number of rotatable bonds is 8. The molecule has 2 aromatic rings. The fraction of sp³-hybridized carbons (Fsp3) is 0.222. The molecule has 0 saturated carbocycles. The second-order valence-electron chi connectivity index (χ2n) is 5.15. The van der Waals surface area contributed by atoms with Crippen LogP contribution in [0.5, 0.6) is 11.5 Å². The monoisotopic (exact) mass is 343 g/mol. The number of para-hydroxylation sites is 2. The summed E-state index contributed by atoms with van der Waals surface area (Å²) in [5, 5.41) is 5.16. The summed E-state index contributed by atoms with van der Waals surface area (Å²) in [5.41, 5.74) is 5.76. The van der Waals surface area contributed by atoms with Gasteiger partial charge in [0, 0.05) is 6.54 Å². The minimum atomic E-state index is -0.891. The van der Waals surface area contributed by atoms with Gasteiger partial charge in [0.15, 0.2) is 11.5 Å². The third-order valence-corrected chi connectivity index (χ3v) is 3.42. The number of primary amides is 1. The third kappa shape index (κ3) is 5.50. The largest absolute Gasteiger partial charge is 0.493 e. The van der Waals surface area contributed by atoms with Crippen molar-refractivity contribution in [2.24, 2.45) is 5.73 Å². The lowest BCUT2D eigenvalue weighted by molar-refractivity contribution is -0.122. The van der Waals surface area contributed by atoms with Gasteiger partial charge in [0.25, 0.3) is 0 Å². The fourth-order valence-corrected chi connectivity index (χ4v) is 2.30. The van der Waals surface area contributed by atoms with Crippen LogP contribution in [0.25, 0.3) is 0 Å². The van der Waals surface area contributed by atoms with Crippen molar-refractivity contribution in [3.63, 3.8) is 0 Å². The molecule has 0 aliphatic heterocycles. The van der Waals surface area contributed by atoms with Crippen molar-refractivity contribution in [2.45, 2.75) is 6.04 Å². The molecule has 2 aromatic carbocycles. The highest BCUT2D eigenvalue weighted by Gasteiger charge is 2.20. The van der Waals surface area contributed by atoms with E-state index in [-0.39, 0.29) is 0 Å². The molecule has 0 saturated heterocycles. The van der Waals surface area contributed by atoms with Crippen LogP contribution < -0.4 is 25.8 Å². The first kappa shape index (κ1) is 18.3. The smallest absolute Gasteiger partial charge is 0.318 e. The molecule has 0 heterocycles. The molecule has 25 heavy (non-hydrogen) atoms. The van der Waals surface area contributed by atoms with Gasteiger partial charge in [0.2, 0.25) is 5.91 Å². The van der Waals surface area contributed by atoms with Crippen molar-refractivity contribution in [3.8, 4) is 11.5 Å².